The normalized spacial score (nSPS) is 17.5. The first kappa shape index (κ1) is 20.2. The van der Waals surface area contributed by atoms with Crippen LogP contribution < -0.4 is 15.0 Å². The number of benzene rings is 2. The summed E-state index contributed by atoms with van der Waals surface area (Å²) in [5, 5.41) is 3.75. The third-order valence-corrected chi connectivity index (χ3v) is 5.20. The van der Waals surface area contributed by atoms with Crippen molar-refractivity contribution >= 4 is 29.1 Å². The monoisotopic (exact) mass is 400 g/mol. The Bertz CT molecular complexity index is 821. The number of hydrogen-bond acceptors (Lipinski definition) is 3. The molecule has 148 valence electrons. The Labute approximate surface area is 170 Å². The van der Waals surface area contributed by atoms with Gasteiger partial charge in [-0.05, 0) is 55.3 Å². The minimum Gasteiger partial charge on any atom is -0.494 e. The van der Waals surface area contributed by atoms with Gasteiger partial charge in [0.1, 0.15) is 5.75 Å². The molecule has 1 fully saturated rings. The molecule has 0 radical (unpaired) electrons. The van der Waals surface area contributed by atoms with E-state index in [1.807, 2.05) is 62.4 Å². The number of nitrogens with zero attached hydrogens (tertiary/aromatic N) is 1. The van der Waals surface area contributed by atoms with E-state index >= 15 is 0 Å². The molecule has 1 saturated heterocycles. The van der Waals surface area contributed by atoms with Crippen molar-refractivity contribution in [3.63, 3.8) is 0 Å². The van der Waals surface area contributed by atoms with Crippen LogP contribution in [0, 0.1) is 5.92 Å². The summed E-state index contributed by atoms with van der Waals surface area (Å²) in [7, 11) is 0. The first-order valence-electron chi connectivity index (χ1n) is 9.60. The molecule has 0 saturated carbocycles. The highest BCUT2D eigenvalue weighted by atomic mass is 35.5. The van der Waals surface area contributed by atoms with Crippen molar-refractivity contribution in [2.24, 2.45) is 5.92 Å². The van der Waals surface area contributed by atoms with E-state index < -0.39 is 0 Å². The quantitative estimate of drug-likeness (QED) is 0.751. The molecule has 6 heteroatoms. The van der Waals surface area contributed by atoms with Gasteiger partial charge in [0.2, 0.25) is 11.8 Å². The predicted octanol–water partition coefficient (Wildman–Crippen LogP) is 4.36. The molecule has 5 nitrogen and oxygen atoms in total. The largest absolute Gasteiger partial charge is 0.494 e. The molecule has 1 aliphatic rings. The molecule has 0 spiro atoms. The molecule has 1 aliphatic heterocycles. The molecule has 28 heavy (non-hydrogen) atoms. The van der Waals surface area contributed by atoms with Gasteiger partial charge < -0.3 is 15.0 Å². The molecular formula is C22H25ClN2O3. The van der Waals surface area contributed by atoms with Gasteiger partial charge in [0.15, 0.2) is 0 Å². The van der Waals surface area contributed by atoms with Crippen molar-refractivity contribution in [2.75, 3.05) is 18.1 Å². The molecule has 2 unspecified atom stereocenters. The van der Waals surface area contributed by atoms with Crippen molar-refractivity contribution in [1.29, 1.82) is 0 Å². The highest BCUT2D eigenvalue weighted by Crippen LogP contribution is 2.28. The number of nitrogens with one attached hydrogen (secondary N) is 1. The van der Waals surface area contributed by atoms with Crippen LogP contribution in [0.25, 0.3) is 0 Å². The van der Waals surface area contributed by atoms with E-state index in [0.29, 0.717) is 18.2 Å². The summed E-state index contributed by atoms with van der Waals surface area (Å²) in [5.74, 6) is 0.272. The highest BCUT2D eigenvalue weighted by Gasteiger charge is 2.35. The van der Waals surface area contributed by atoms with Crippen molar-refractivity contribution in [1.82, 2.24) is 5.32 Å². The number of carbonyl (C=O) groups excluding carboxylic acids is 2. The molecule has 3 rings (SSSR count). The molecular weight excluding hydrogens is 376 g/mol. The van der Waals surface area contributed by atoms with E-state index in [4.69, 9.17) is 16.3 Å². The van der Waals surface area contributed by atoms with Crippen molar-refractivity contribution in [2.45, 2.75) is 32.7 Å². The van der Waals surface area contributed by atoms with Crippen molar-refractivity contribution < 1.29 is 14.3 Å². The molecule has 0 aliphatic carbocycles. The van der Waals surface area contributed by atoms with Gasteiger partial charge in [0.25, 0.3) is 0 Å². The fourth-order valence-electron chi connectivity index (χ4n) is 3.43. The number of hydrogen-bond donors (Lipinski definition) is 1. The molecule has 1 heterocycles. The summed E-state index contributed by atoms with van der Waals surface area (Å²) in [6.07, 6.45) is 0.979. The highest BCUT2D eigenvalue weighted by molar-refractivity contribution is 6.30. The lowest BCUT2D eigenvalue weighted by Crippen LogP contribution is -2.35. The maximum Gasteiger partial charge on any atom is 0.227 e. The van der Waals surface area contributed by atoms with Crippen LogP contribution in [0.1, 0.15) is 38.3 Å². The smallest absolute Gasteiger partial charge is 0.227 e. The van der Waals surface area contributed by atoms with Crippen molar-refractivity contribution in [3.05, 3.63) is 59.1 Å². The average Bonchev–Trinajstić information content (AvgIpc) is 3.09. The zero-order chi connectivity index (χ0) is 20.1. The number of amides is 2. The Kier molecular flexibility index (Phi) is 6.57. The number of halogens is 1. The first-order valence-corrected chi connectivity index (χ1v) is 9.98. The van der Waals surface area contributed by atoms with Crippen LogP contribution in [-0.4, -0.2) is 25.0 Å². The maximum atomic E-state index is 12.8. The summed E-state index contributed by atoms with van der Waals surface area (Å²) >= 11 is 5.95. The van der Waals surface area contributed by atoms with Gasteiger partial charge in [-0.25, -0.2) is 0 Å². The van der Waals surface area contributed by atoms with Crippen LogP contribution in [0.15, 0.2) is 48.5 Å². The zero-order valence-electron chi connectivity index (χ0n) is 16.2. The second-order valence-electron chi connectivity index (χ2n) is 6.85. The lowest BCUT2D eigenvalue weighted by molar-refractivity contribution is -0.127. The SMILES string of the molecule is CCOc1ccc(N2CC(C(=O)NC(CC)c3ccc(Cl)cc3)CC2=O)cc1. The topological polar surface area (TPSA) is 58.6 Å². The number of ether oxygens (including phenoxy) is 1. The van der Waals surface area contributed by atoms with Gasteiger partial charge in [-0.3, -0.25) is 9.59 Å². The van der Waals surface area contributed by atoms with Crippen LogP contribution in [0.4, 0.5) is 5.69 Å². The molecule has 0 bridgehead atoms. The average molecular weight is 401 g/mol. The van der Waals surface area contributed by atoms with Crippen LogP contribution in [0.5, 0.6) is 5.75 Å². The Balaban J connectivity index is 1.64. The Morgan fingerprint density at radius 3 is 2.46 bits per heavy atom. The molecule has 1 N–H and O–H groups in total. The number of rotatable bonds is 7. The summed E-state index contributed by atoms with van der Waals surface area (Å²) in [6.45, 7) is 4.92. The minimum atomic E-state index is -0.361. The molecule has 2 amide bonds. The summed E-state index contributed by atoms with van der Waals surface area (Å²) in [5.41, 5.74) is 1.79. The van der Waals surface area contributed by atoms with Gasteiger partial charge in [-0.15, -0.1) is 0 Å². The zero-order valence-corrected chi connectivity index (χ0v) is 16.9. The lowest BCUT2D eigenvalue weighted by atomic mass is 10.0. The standard InChI is InChI=1S/C22H25ClN2O3/c1-3-20(15-5-7-17(23)8-6-15)24-22(27)16-13-21(26)25(14-16)18-9-11-19(12-10-18)28-4-2/h5-12,16,20H,3-4,13-14H2,1-2H3,(H,24,27). The van der Waals surface area contributed by atoms with Gasteiger partial charge in [-0.2, -0.15) is 0 Å². The van der Waals surface area contributed by atoms with E-state index in [1.165, 1.54) is 0 Å². The van der Waals surface area contributed by atoms with E-state index in [-0.39, 0.29) is 30.2 Å². The summed E-state index contributed by atoms with van der Waals surface area (Å²) in [6, 6.07) is 14.8. The maximum absolute atomic E-state index is 12.8. The molecule has 2 aromatic rings. The van der Waals surface area contributed by atoms with Crippen molar-refractivity contribution in [3.8, 4) is 5.75 Å². The molecule has 2 atom stereocenters. The Morgan fingerprint density at radius 2 is 1.86 bits per heavy atom. The van der Waals surface area contributed by atoms with Gasteiger partial charge in [0, 0.05) is 23.7 Å². The van der Waals surface area contributed by atoms with Gasteiger partial charge in [-0.1, -0.05) is 30.7 Å². The van der Waals surface area contributed by atoms with Gasteiger partial charge in [0.05, 0.1) is 18.6 Å². The fraction of sp³-hybridized carbons (Fsp3) is 0.364. The van der Waals surface area contributed by atoms with Crippen LogP contribution in [0.3, 0.4) is 0 Å². The fourth-order valence-corrected chi connectivity index (χ4v) is 3.55. The summed E-state index contributed by atoms with van der Waals surface area (Å²) < 4.78 is 5.44. The second-order valence-corrected chi connectivity index (χ2v) is 7.29. The first-order chi connectivity index (χ1) is 13.5. The minimum absolute atomic E-state index is 0.0381. The Hall–Kier alpha value is -2.53. The summed E-state index contributed by atoms with van der Waals surface area (Å²) in [4.78, 5) is 26.9. The van der Waals surface area contributed by atoms with E-state index in [0.717, 1.165) is 23.4 Å². The number of anilines is 1. The van der Waals surface area contributed by atoms with E-state index in [1.54, 1.807) is 4.90 Å². The third-order valence-electron chi connectivity index (χ3n) is 4.95. The van der Waals surface area contributed by atoms with Crippen LogP contribution in [-0.2, 0) is 9.59 Å². The van der Waals surface area contributed by atoms with E-state index in [2.05, 4.69) is 5.32 Å². The lowest BCUT2D eigenvalue weighted by Gasteiger charge is -2.21. The van der Waals surface area contributed by atoms with Gasteiger partial charge >= 0.3 is 0 Å². The molecule has 0 aromatic heterocycles. The second kappa shape index (κ2) is 9.11. The van der Waals surface area contributed by atoms with Crippen LogP contribution in [0.2, 0.25) is 5.02 Å². The van der Waals surface area contributed by atoms with E-state index in [9.17, 15) is 9.59 Å². The predicted molar refractivity (Wildman–Crippen MR) is 111 cm³/mol. The Morgan fingerprint density at radius 1 is 1.18 bits per heavy atom. The number of carbonyl (C=O) groups is 2. The molecule has 2 aromatic carbocycles. The third kappa shape index (κ3) is 4.65. The van der Waals surface area contributed by atoms with Crippen LogP contribution >= 0.6 is 11.6 Å².